The van der Waals surface area contributed by atoms with Crippen LogP contribution in [0, 0.1) is 29.1 Å². The molecule has 2 aromatic rings. The normalized spacial score (nSPS) is 24.1. The second-order valence-electron chi connectivity index (χ2n) is 12.0. The molecule has 0 radical (unpaired) electrons. The highest BCUT2D eigenvalue weighted by Gasteiger charge is 2.41. The summed E-state index contributed by atoms with van der Waals surface area (Å²) in [5, 5.41) is 19.4. The zero-order chi connectivity index (χ0) is 26.3. The lowest BCUT2D eigenvalue weighted by Crippen LogP contribution is -2.43. The van der Waals surface area contributed by atoms with Gasteiger partial charge in [-0.3, -0.25) is 9.69 Å². The van der Waals surface area contributed by atoms with Gasteiger partial charge in [0.05, 0.1) is 11.6 Å². The Bertz CT molecular complexity index is 1080. The quantitative estimate of drug-likeness (QED) is 0.402. The number of benzene rings is 2. The molecule has 38 heavy (non-hydrogen) atoms. The van der Waals surface area contributed by atoms with E-state index in [2.05, 4.69) is 52.3 Å². The summed E-state index contributed by atoms with van der Waals surface area (Å²) in [6.45, 7) is 5.10. The monoisotopic (exact) mass is 513 g/mol. The largest absolute Gasteiger partial charge is 0.480 e. The zero-order valence-electron chi connectivity index (χ0n) is 22.7. The van der Waals surface area contributed by atoms with E-state index in [0.717, 1.165) is 63.5 Å². The molecule has 0 spiro atoms. The Morgan fingerprint density at radius 2 is 1.71 bits per heavy atom. The van der Waals surface area contributed by atoms with Crippen LogP contribution in [-0.2, 0) is 11.2 Å². The van der Waals surface area contributed by atoms with Crippen molar-refractivity contribution in [1.29, 1.82) is 5.26 Å². The fraction of sp³-hybridized carbons (Fsp3) is 0.576. The number of piperidine rings is 1. The summed E-state index contributed by atoms with van der Waals surface area (Å²) in [6, 6.07) is 20.8. The van der Waals surface area contributed by atoms with Crippen molar-refractivity contribution in [1.82, 2.24) is 9.80 Å². The van der Waals surface area contributed by atoms with Crippen LogP contribution in [0.1, 0.15) is 74.0 Å². The van der Waals surface area contributed by atoms with Crippen molar-refractivity contribution in [2.75, 3.05) is 32.7 Å². The molecule has 3 fully saturated rings. The fourth-order valence-corrected chi connectivity index (χ4v) is 7.09. The summed E-state index contributed by atoms with van der Waals surface area (Å²) < 4.78 is 0. The number of aliphatic carboxylic acids is 1. The molecular formula is C33H43N3O2. The molecule has 202 valence electrons. The Hall–Kier alpha value is -2.68. The lowest BCUT2D eigenvalue weighted by Gasteiger charge is -2.35. The number of hydrogen-bond donors (Lipinski definition) is 1. The first-order chi connectivity index (χ1) is 18.6. The molecule has 1 aliphatic carbocycles. The first-order valence-electron chi connectivity index (χ1n) is 14.8. The van der Waals surface area contributed by atoms with Gasteiger partial charge in [-0.05, 0) is 80.1 Å². The highest BCUT2D eigenvalue weighted by atomic mass is 16.4. The molecule has 0 bridgehead atoms. The molecule has 0 aromatic heterocycles. The van der Waals surface area contributed by atoms with Crippen LogP contribution in [0.5, 0.6) is 0 Å². The van der Waals surface area contributed by atoms with Crippen LogP contribution >= 0.6 is 0 Å². The van der Waals surface area contributed by atoms with Gasteiger partial charge in [0.25, 0.3) is 0 Å². The lowest BCUT2D eigenvalue weighted by molar-refractivity contribution is -0.144. The van der Waals surface area contributed by atoms with E-state index in [1.165, 1.54) is 49.7 Å². The number of nitrogens with zero attached hydrogens (tertiary/aromatic N) is 3. The molecule has 3 atom stereocenters. The summed E-state index contributed by atoms with van der Waals surface area (Å²) in [5.41, 5.74) is 3.36. The minimum absolute atomic E-state index is 0.339. The Labute approximate surface area is 228 Å². The fourth-order valence-electron chi connectivity index (χ4n) is 7.09. The van der Waals surface area contributed by atoms with Crippen molar-refractivity contribution in [3.05, 3.63) is 71.3 Å². The minimum atomic E-state index is -0.637. The molecule has 0 amide bonds. The van der Waals surface area contributed by atoms with E-state index >= 15 is 0 Å². The molecule has 3 aliphatic rings. The van der Waals surface area contributed by atoms with Crippen LogP contribution < -0.4 is 0 Å². The molecule has 5 heteroatoms. The Balaban J connectivity index is 1.15. The van der Waals surface area contributed by atoms with Crippen LogP contribution in [0.3, 0.4) is 0 Å². The van der Waals surface area contributed by atoms with Gasteiger partial charge < -0.3 is 10.0 Å². The van der Waals surface area contributed by atoms with E-state index in [0.29, 0.717) is 17.8 Å². The van der Waals surface area contributed by atoms with Crippen LogP contribution in [-0.4, -0.2) is 59.6 Å². The van der Waals surface area contributed by atoms with E-state index in [4.69, 9.17) is 0 Å². The van der Waals surface area contributed by atoms with Crippen molar-refractivity contribution < 1.29 is 9.90 Å². The maximum atomic E-state index is 12.3. The van der Waals surface area contributed by atoms with Crippen molar-refractivity contribution in [3.8, 4) is 6.07 Å². The first-order valence-corrected chi connectivity index (χ1v) is 14.8. The van der Waals surface area contributed by atoms with Gasteiger partial charge in [-0.2, -0.15) is 5.26 Å². The summed E-state index contributed by atoms with van der Waals surface area (Å²) in [6.07, 6.45) is 10.3. The summed E-state index contributed by atoms with van der Waals surface area (Å²) in [7, 11) is 0. The van der Waals surface area contributed by atoms with Crippen molar-refractivity contribution in [3.63, 3.8) is 0 Å². The second-order valence-corrected chi connectivity index (χ2v) is 12.0. The van der Waals surface area contributed by atoms with Gasteiger partial charge in [0.15, 0.2) is 0 Å². The smallest absolute Gasteiger partial charge is 0.320 e. The van der Waals surface area contributed by atoms with E-state index < -0.39 is 5.97 Å². The number of nitriles is 1. The van der Waals surface area contributed by atoms with Gasteiger partial charge in [-0.1, -0.05) is 74.2 Å². The lowest BCUT2D eigenvalue weighted by atomic mass is 9.80. The van der Waals surface area contributed by atoms with E-state index in [9.17, 15) is 15.2 Å². The molecule has 2 heterocycles. The third-order valence-electron chi connectivity index (χ3n) is 9.60. The highest BCUT2D eigenvalue weighted by molar-refractivity contribution is 5.73. The SMILES string of the molecule is N#Cc1ccccc1CCCC1CCN(C[C@H]2CN([C@@H](CC3CCC3)C(=O)O)C[C@@H]2c2ccccc2)CC1. The standard InChI is InChI=1S/C33H43N3O2/c34-21-29-14-5-4-11-27(29)15-7-8-25-16-18-35(19-17-25)22-30-23-36(24-31(30)28-12-2-1-3-13-28)32(33(37)38)20-26-9-6-10-26/h1-5,11-14,25-26,30-32H,6-10,15-20,22-24H2,(H,37,38)/t30-,31+,32-/m0/s1. The van der Waals surface area contributed by atoms with Gasteiger partial charge >= 0.3 is 5.97 Å². The summed E-state index contributed by atoms with van der Waals surface area (Å²) in [5.74, 6) is 1.60. The van der Waals surface area contributed by atoms with E-state index in [1.54, 1.807) is 0 Å². The van der Waals surface area contributed by atoms with Crippen molar-refractivity contribution in [2.45, 2.75) is 69.7 Å². The molecule has 1 saturated carbocycles. The number of hydrogen-bond acceptors (Lipinski definition) is 4. The third kappa shape index (κ3) is 6.65. The van der Waals surface area contributed by atoms with Crippen LogP contribution in [0.4, 0.5) is 0 Å². The number of likely N-dealkylation sites (tertiary alicyclic amines) is 2. The maximum Gasteiger partial charge on any atom is 0.320 e. The predicted octanol–water partition coefficient (Wildman–Crippen LogP) is 5.95. The third-order valence-corrected chi connectivity index (χ3v) is 9.60. The predicted molar refractivity (Wildman–Crippen MR) is 151 cm³/mol. The van der Waals surface area contributed by atoms with Gasteiger partial charge in [-0.15, -0.1) is 0 Å². The maximum absolute atomic E-state index is 12.3. The Morgan fingerprint density at radius 1 is 0.974 bits per heavy atom. The second kappa shape index (κ2) is 12.9. The van der Waals surface area contributed by atoms with Crippen LogP contribution in [0.15, 0.2) is 54.6 Å². The number of aryl methyl sites for hydroxylation is 1. The average molecular weight is 514 g/mol. The van der Waals surface area contributed by atoms with Gasteiger partial charge in [0.1, 0.15) is 6.04 Å². The van der Waals surface area contributed by atoms with Crippen LogP contribution in [0.25, 0.3) is 0 Å². The topological polar surface area (TPSA) is 67.6 Å². The minimum Gasteiger partial charge on any atom is -0.480 e. The number of rotatable bonds is 11. The molecule has 5 rings (SSSR count). The van der Waals surface area contributed by atoms with Gasteiger partial charge in [0, 0.05) is 25.6 Å². The molecule has 2 aliphatic heterocycles. The zero-order valence-corrected chi connectivity index (χ0v) is 22.7. The molecule has 5 nitrogen and oxygen atoms in total. The summed E-state index contributed by atoms with van der Waals surface area (Å²) >= 11 is 0. The Kier molecular flexibility index (Phi) is 9.14. The van der Waals surface area contributed by atoms with Gasteiger partial charge in [0.2, 0.25) is 0 Å². The molecule has 2 aromatic carbocycles. The van der Waals surface area contributed by atoms with Crippen molar-refractivity contribution in [2.24, 2.45) is 17.8 Å². The molecule has 2 saturated heterocycles. The Morgan fingerprint density at radius 3 is 2.39 bits per heavy atom. The molecular weight excluding hydrogens is 470 g/mol. The van der Waals surface area contributed by atoms with Crippen LogP contribution in [0.2, 0.25) is 0 Å². The first kappa shape index (κ1) is 26.9. The molecule has 1 N–H and O–H groups in total. The number of carbonyl (C=O) groups is 1. The van der Waals surface area contributed by atoms with Crippen molar-refractivity contribution >= 4 is 5.97 Å². The number of carboxylic acids is 1. The summed E-state index contributed by atoms with van der Waals surface area (Å²) in [4.78, 5) is 17.2. The average Bonchev–Trinajstić information content (AvgIpc) is 3.32. The highest BCUT2D eigenvalue weighted by Crippen LogP contribution is 2.38. The number of carboxylic acid groups (broad SMARTS) is 1. The van der Waals surface area contributed by atoms with E-state index in [1.807, 2.05) is 18.2 Å². The van der Waals surface area contributed by atoms with E-state index in [-0.39, 0.29) is 6.04 Å². The molecule has 0 unspecified atom stereocenters. The van der Waals surface area contributed by atoms with Gasteiger partial charge in [-0.25, -0.2) is 0 Å².